The summed E-state index contributed by atoms with van der Waals surface area (Å²) in [4.78, 5) is 10.9. The molecule has 34 heavy (non-hydrogen) atoms. The Labute approximate surface area is 196 Å². The van der Waals surface area contributed by atoms with E-state index < -0.39 is 17.6 Å². The van der Waals surface area contributed by atoms with Gasteiger partial charge in [0.05, 0.1) is 17.2 Å². The van der Waals surface area contributed by atoms with E-state index in [0.29, 0.717) is 22.2 Å². The van der Waals surface area contributed by atoms with Crippen LogP contribution in [0, 0.1) is 0 Å². The second-order valence-electron chi connectivity index (χ2n) is 7.62. The molecule has 0 saturated heterocycles. The van der Waals surface area contributed by atoms with Gasteiger partial charge in [-0.1, -0.05) is 17.7 Å². The first kappa shape index (κ1) is 21.9. The molecule has 11 heteroatoms. The molecule has 1 aliphatic rings. The number of fused-ring (bicyclic) bond motifs is 1. The van der Waals surface area contributed by atoms with Gasteiger partial charge in [0.25, 0.3) is 5.72 Å². The van der Waals surface area contributed by atoms with Crippen molar-refractivity contribution in [2.45, 2.75) is 11.9 Å². The Kier molecular flexibility index (Phi) is 5.24. The van der Waals surface area contributed by atoms with Gasteiger partial charge in [0, 0.05) is 30.0 Å². The molecule has 2 aromatic carbocycles. The molecule has 0 radical (unpaired) electrons. The van der Waals surface area contributed by atoms with Crippen molar-refractivity contribution in [1.29, 1.82) is 0 Å². The Balaban J connectivity index is 1.47. The summed E-state index contributed by atoms with van der Waals surface area (Å²) in [7, 11) is 1.87. The summed E-state index contributed by atoms with van der Waals surface area (Å²) in [6.45, 7) is 0. The van der Waals surface area contributed by atoms with Crippen LogP contribution < -0.4 is 15.4 Å². The number of hydrogen-bond acceptors (Lipinski definition) is 5. The van der Waals surface area contributed by atoms with Gasteiger partial charge < -0.3 is 24.9 Å². The molecule has 0 spiro atoms. The zero-order valence-electron chi connectivity index (χ0n) is 17.7. The van der Waals surface area contributed by atoms with Crippen molar-refractivity contribution in [2.75, 3.05) is 5.32 Å². The van der Waals surface area contributed by atoms with E-state index in [1.807, 2.05) is 29.8 Å². The first-order valence-electron chi connectivity index (χ1n) is 10.2. The van der Waals surface area contributed by atoms with Crippen molar-refractivity contribution in [3.05, 3.63) is 89.6 Å². The van der Waals surface area contributed by atoms with E-state index in [1.54, 1.807) is 48.7 Å². The minimum absolute atomic E-state index is 0.0355. The summed E-state index contributed by atoms with van der Waals surface area (Å²) in [6, 6.07) is 12.5. The fourth-order valence-corrected chi connectivity index (χ4v) is 3.71. The van der Waals surface area contributed by atoms with E-state index in [4.69, 9.17) is 16.3 Å². The zero-order chi connectivity index (χ0) is 23.9. The normalized spacial score (nSPS) is 17.7. The molecule has 1 aliphatic heterocycles. The lowest BCUT2D eigenvalue weighted by Gasteiger charge is -2.31. The molecular weight excluding hydrogens is 469 g/mol. The Morgan fingerprint density at radius 3 is 2.59 bits per heavy atom. The number of aromatic amines is 1. The van der Waals surface area contributed by atoms with Gasteiger partial charge in [-0.05, 0) is 48.6 Å². The molecule has 0 fully saturated rings. The molecule has 1 unspecified atom stereocenters. The van der Waals surface area contributed by atoms with Crippen LogP contribution >= 0.6 is 11.6 Å². The number of benzene rings is 2. The summed E-state index contributed by atoms with van der Waals surface area (Å²) in [5, 5.41) is 6.83. The minimum Gasteiger partial charge on any atom is -0.457 e. The van der Waals surface area contributed by atoms with Crippen LogP contribution in [0.2, 0.25) is 5.02 Å². The van der Waals surface area contributed by atoms with Crippen molar-refractivity contribution < 1.29 is 17.9 Å². The fraction of sp³-hybridized carbons (Fsp3) is 0.130. The van der Waals surface area contributed by atoms with Gasteiger partial charge >= 0.3 is 6.18 Å². The third-order valence-corrected chi connectivity index (χ3v) is 5.55. The highest BCUT2D eigenvalue weighted by atomic mass is 35.5. The lowest BCUT2D eigenvalue weighted by Crippen LogP contribution is -2.45. The number of nitrogens with one attached hydrogen (secondary N) is 3. The third kappa shape index (κ3) is 4.08. The van der Waals surface area contributed by atoms with Gasteiger partial charge in [-0.25, -0.2) is 9.97 Å². The van der Waals surface area contributed by atoms with Gasteiger partial charge in [-0.3, -0.25) is 0 Å². The number of aryl methyl sites for hydroxylation is 1. The van der Waals surface area contributed by atoms with Crippen LogP contribution in [0.5, 0.6) is 5.75 Å². The van der Waals surface area contributed by atoms with E-state index in [0.717, 1.165) is 17.4 Å². The Hall–Kier alpha value is -3.92. The minimum atomic E-state index is -4.55. The molecule has 2 aromatic heterocycles. The summed E-state index contributed by atoms with van der Waals surface area (Å²) in [5.41, 5.74) is -0.127. The highest BCUT2D eigenvalue weighted by Crippen LogP contribution is 2.33. The molecule has 0 amide bonds. The van der Waals surface area contributed by atoms with Gasteiger partial charge in [0.2, 0.25) is 5.95 Å². The number of imidazole rings is 2. The fourth-order valence-electron chi connectivity index (χ4n) is 3.58. The molecule has 1 atom stereocenters. The van der Waals surface area contributed by atoms with E-state index in [-0.39, 0.29) is 5.82 Å². The number of rotatable bonds is 5. The van der Waals surface area contributed by atoms with Gasteiger partial charge in [0.15, 0.2) is 5.82 Å². The van der Waals surface area contributed by atoms with Crippen LogP contribution in [0.25, 0.3) is 11.0 Å². The van der Waals surface area contributed by atoms with E-state index >= 15 is 0 Å². The van der Waals surface area contributed by atoms with Crippen molar-refractivity contribution >= 4 is 34.3 Å². The molecule has 0 aliphatic carbocycles. The third-order valence-electron chi connectivity index (χ3n) is 5.30. The number of aromatic nitrogens is 4. The van der Waals surface area contributed by atoms with Gasteiger partial charge in [0.1, 0.15) is 11.4 Å². The summed E-state index contributed by atoms with van der Waals surface area (Å²) >= 11 is 5.95. The molecule has 0 saturated carbocycles. The van der Waals surface area contributed by atoms with Crippen molar-refractivity contribution in [1.82, 2.24) is 24.8 Å². The molecule has 4 aromatic rings. The summed E-state index contributed by atoms with van der Waals surface area (Å²) in [6.07, 6.45) is 2.71. The highest BCUT2D eigenvalue weighted by molar-refractivity contribution is 6.30. The van der Waals surface area contributed by atoms with E-state index in [2.05, 4.69) is 25.6 Å². The summed E-state index contributed by atoms with van der Waals surface area (Å²) in [5.74, 6) is 0.955. The number of dihydropyridines is 1. The summed E-state index contributed by atoms with van der Waals surface area (Å²) < 4.78 is 47.4. The Bertz CT molecular complexity index is 1410. The number of halogens is 4. The molecule has 7 nitrogen and oxygen atoms in total. The van der Waals surface area contributed by atoms with Crippen LogP contribution in [0.4, 0.5) is 24.8 Å². The maximum Gasteiger partial charge on any atom is 0.432 e. The number of ether oxygens (including phenoxy) is 1. The number of hydrogen-bond donors (Lipinski definition) is 3. The first-order valence-corrected chi connectivity index (χ1v) is 10.5. The zero-order valence-corrected chi connectivity index (χ0v) is 18.4. The second kappa shape index (κ2) is 8.14. The standard InChI is InChI=1S/C23H18ClF3N6O/c1-33-18-9-8-16(12-17(18)31-21(33)30-15-6-4-14(24)5-7-15)34-22(10-2-3-11-29-22)20-28-13-19(32-20)23(25,26)27/h2-13,29H,1H3,(H,28,32)(H,30,31). The average Bonchev–Trinajstić information content (AvgIpc) is 3.42. The van der Waals surface area contributed by atoms with Gasteiger partial charge in [-0.2, -0.15) is 13.2 Å². The molecule has 5 rings (SSSR count). The molecule has 174 valence electrons. The quantitative estimate of drug-likeness (QED) is 0.341. The van der Waals surface area contributed by atoms with Crippen LogP contribution in [0.3, 0.4) is 0 Å². The van der Waals surface area contributed by atoms with E-state index in [1.165, 1.54) is 0 Å². The lowest BCUT2D eigenvalue weighted by atomic mass is 10.1. The number of anilines is 2. The maximum atomic E-state index is 13.1. The lowest BCUT2D eigenvalue weighted by molar-refractivity contribution is -0.141. The van der Waals surface area contributed by atoms with Crippen molar-refractivity contribution in [3.8, 4) is 5.75 Å². The van der Waals surface area contributed by atoms with Crippen molar-refractivity contribution in [2.24, 2.45) is 7.05 Å². The van der Waals surface area contributed by atoms with Gasteiger partial charge in [-0.15, -0.1) is 0 Å². The molecule has 3 heterocycles. The van der Waals surface area contributed by atoms with Crippen LogP contribution in [-0.2, 0) is 18.9 Å². The van der Waals surface area contributed by atoms with Crippen molar-refractivity contribution in [3.63, 3.8) is 0 Å². The van der Waals surface area contributed by atoms with Crippen LogP contribution in [0.15, 0.2) is 73.1 Å². The van der Waals surface area contributed by atoms with E-state index in [9.17, 15) is 13.2 Å². The highest BCUT2D eigenvalue weighted by Gasteiger charge is 2.39. The smallest absolute Gasteiger partial charge is 0.432 e. The second-order valence-corrected chi connectivity index (χ2v) is 8.06. The SMILES string of the molecule is Cn1c(Nc2ccc(Cl)cc2)nc2cc(OC3(c4ncc(C(F)(F)F)[nH]4)C=CC=CN3)ccc21. The molecule has 0 bridgehead atoms. The Morgan fingerprint density at radius 1 is 1.12 bits per heavy atom. The number of alkyl halides is 3. The predicted molar refractivity (Wildman–Crippen MR) is 123 cm³/mol. The average molecular weight is 487 g/mol. The largest absolute Gasteiger partial charge is 0.457 e. The predicted octanol–water partition coefficient (Wildman–Crippen LogP) is 5.62. The monoisotopic (exact) mass is 486 g/mol. The number of H-pyrrole nitrogens is 1. The topological polar surface area (TPSA) is 79.8 Å². The molecule has 3 N–H and O–H groups in total. The van der Waals surface area contributed by atoms with Crippen LogP contribution in [-0.4, -0.2) is 19.5 Å². The number of allylic oxidation sites excluding steroid dienone is 2. The molecular formula is C23H18ClF3N6O. The maximum absolute atomic E-state index is 13.1. The first-order chi connectivity index (χ1) is 16.2. The Morgan fingerprint density at radius 2 is 1.91 bits per heavy atom. The number of nitrogens with zero attached hydrogens (tertiary/aromatic N) is 3. The van der Waals surface area contributed by atoms with Crippen LogP contribution in [0.1, 0.15) is 11.5 Å².